The topological polar surface area (TPSA) is 82.7 Å². The second kappa shape index (κ2) is 9.98. The van der Waals surface area contributed by atoms with Crippen LogP contribution in [0.2, 0.25) is 15.3 Å². The molecular formula is C25H15Cl3F3N5O2S. The van der Waals surface area contributed by atoms with Crippen LogP contribution in [0.3, 0.4) is 0 Å². The van der Waals surface area contributed by atoms with Crippen molar-refractivity contribution in [1.82, 2.24) is 24.5 Å². The summed E-state index contributed by atoms with van der Waals surface area (Å²) >= 11 is 18.6. The maximum absolute atomic E-state index is 13.4. The summed E-state index contributed by atoms with van der Waals surface area (Å²) in [5.41, 5.74) is 1.30. The smallest absolute Gasteiger partial charge is 0.288 e. The summed E-state index contributed by atoms with van der Waals surface area (Å²) in [4.78, 5) is 3.56. The fourth-order valence-corrected chi connectivity index (χ4v) is 5.34. The van der Waals surface area contributed by atoms with Gasteiger partial charge in [-0.05, 0) is 65.2 Å². The number of aromatic nitrogens is 5. The van der Waals surface area contributed by atoms with Gasteiger partial charge in [-0.3, -0.25) is 4.57 Å². The molecule has 7 nitrogen and oxygen atoms in total. The van der Waals surface area contributed by atoms with Gasteiger partial charge < -0.3 is 0 Å². The van der Waals surface area contributed by atoms with Crippen molar-refractivity contribution in [3.05, 3.63) is 94.1 Å². The Balaban J connectivity index is 1.76. The predicted octanol–water partition coefficient (Wildman–Crippen LogP) is 7.17. The summed E-state index contributed by atoms with van der Waals surface area (Å²) in [6, 6.07) is 15.9. The van der Waals surface area contributed by atoms with Gasteiger partial charge in [-0.1, -0.05) is 46.6 Å². The van der Waals surface area contributed by atoms with Crippen LogP contribution in [-0.4, -0.2) is 39.2 Å². The molecule has 0 bridgehead atoms. The molecule has 0 saturated carbocycles. The molecule has 0 aliphatic carbocycles. The normalized spacial score (nSPS) is 12.2. The van der Waals surface area contributed by atoms with Crippen LogP contribution < -0.4 is 0 Å². The number of halogens is 6. The largest absolute Gasteiger partial charge is 0.434 e. The van der Waals surface area contributed by atoms with Crippen LogP contribution in [0.1, 0.15) is 5.69 Å². The lowest BCUT2D eigenvalue weighted by Crippen LogP contribution is -2.07. The highest BCUT2D eigenvalue weighted by molar-refractivity contribution is 7.90. The number of sulfone groups is 1. The Labute approximate surface area is 235 Å². The van der Waals surface area contributed by atoms with Gasteiger partial charge in [-0.25, -0.2) is 18.1 Å². The molecule has 0 N–H and O–H groups in total. The van der Waals surface area contributed by atoms with Gasteiger partial charge in [-0.2, -0.15) is 13.2 Å². The van der Waals surface area contributed by atoms with Gasteiger partial charge in [0.15, 0.2) is 15.5 Å². The SMILES string of the molecule is CS(=O)(=O)c1cccc(-c2ccc(-n3cc(C(F)(F)F)nc3Cl)c(-n3nncc3-c3ccc(Cl)cc3Cl)c2)c1. The predicted molar refractivity (Wildman–Crippen MR) is 142 cm³/mol. The molecule has 0 amide bonds. The maximum atomic E-state index is 13.4. The van der Waals surface area contributed by atoms with Crippen LogP contribution in [0, 0.1) is 0 Å². The summed E-state index contributed by atoms with van der Waals surface area (Å²) in [5, 5.41) is 8.43. The van der Waals surface area contributed by atoms with E-state index < -0.39 is 27.0 Å². The second-order valence-electron chi connectivity index (χ2n) is 8.42. The summed E-state index contributed by atoms with van der Waals surface area (Å²) in [6.07, 6.45) is -1.42. The highest BCUT2D eigenvalue weighted by atomic mass is 35.5. The highest BCUT2D eigenvalue weighted by Gasteiger charge is 2.35. The van der Waals surface area contributed by atoms with Crippen molar-refractivity contribution in [3.63, 3.8) is 0 Å². The molecule has 0 saturated heterocycles. The monoisotopic (exact) mass is 611 g/mol. The number of benzene rings is 3. The fourth-order valence-electron chi connectivity index (χ4n) is 3.94. The van der Waals surface area contributed by atoms with Crippen molar-refractivity contribution >= 4 is 44.6 Å². The molecule has 0 spiro atoms. The van der Waals surface area contributed by atoms with Gasteiger partial charge in [0, 0.05) is 23.0 Å². The van der Waals surface area contributed by atoms with Crippen LogP contribution in [-0.2, 0) is 16.0 Å². The first-order chi connectivity index (χ1) is 18.3. The minimum Gasteiger partial charge on any atom is -0.288 e. The molecular weight excluding hydrogens is 598 g/mol. The molecule has 5 aromatic rings. The number of hydrogen-bond acceptors (Lipinski definition) is 5. The third-order valence-corrected chi connectivity index (χ3v) is 7.69. The second-order valence-corrected chi connectivity index (χ2v) is 11.6. The number of rotatable bonds is 5. The van der Waals surface area contributed by atoms with E-state index in [1.165, 1.54) is 35.1 Å². The summed E-state index contributed by atoms with van der Waals surface area (Å²) < 4.78 is 67.0. The minimum atomic E-state index is -4.73. The molecule has 0 aliphatic rings. The van der Waals surface area contributed by atoms with Crippen molar-refractivity contribution in [2.75, 3.05) is 6.26 Å². The van der Waals surface area contributed by atoms with E-state index >= 15 is 0 Å². The summed E-state index contributed by atoms with van der Waals surface area (Å²) in [5.74, 6) is 0. The van der Waals surface area contributed by atoms with Crippen molar-refractivity contribution in [2.24, 2.45) is 0 Å². The Morgan fingerprint density at radius 2 is 1.64 bits per heavy atom. The molecule has 0 aliphatic heterocycles. The van der Waals surface area contributed by atoms with Crippen LogP contribution in [0.15, 0.2) is 78.0 Å². The van der Waals surface area contributed by atoms with Gasteiger partial charge in [0.2, 0.25) is 5.28 Å². The zero-order valence-corrected chi connectivity index (χ0v) is 22.7. The number of imidazole rings is 1. The Hall–Kier alpha value is -3.38. The van der Waals surface area contributed by atoms with E-state index in [1.807, 2.05) is 0 Å². The van der Waals surface area contributed by atoms with Crippen LogP contribution in [0.4, 0.5) is 13.2 Å². The van der Waals surface area contributed by atoms with Gasteiger partial charge in [-0.15, -0.1) is 5.10 Å². The number of hydrogen-bond donors (Lipinski definition) is 0. The average molecular weight is 613 g/mol. The molecule has 0 radical (unpaired) electrons. The summed E-state index contributed by atoms with van der Waals surface area (Å²) in [7, 11) is -3.50. The van der Waals surface area contributed by atoms with Crippen molar-refractivity contribution in [3.8, 4) is 33.8 Å². The molecule has 14 heteroatoms. The Bertz CT molecular complexity index is 1830. The molecule has 200 valence electrons. The Kier molecular flexibility index (Phi) is 6.96. The first-order valence-corrected chi connectivity index (χ1v) is 14.0. The third kappa shape index (κ3) is 5.40. The average Bonchev–Trinajstić information content (AvgIpc) is 3.50. The standard InChI is InChI=1S/C25H15Cl3F3N5O2S/c1-39(37,38)17-4-2-3-14(9-17)15-5-8-20(35-13-23(25(29,30)31)33-24(35)28)21(10-15)36-22(12-32-34-36)18-7-6-16(26)11-19(18)27/h2-13H,1H3. The molecule has 39 heavy (non-hydrogen) atoms. The molecule has 5 rings (SSSR count). The molecule has 2 heterocycles. The quantitative estimate of drug-likeness (QED) is 0.210. The lowest BCUT2D eigenvalue weighted by Gasteiger charge is -2.16. The Morgan fingerprint density at radius 3 is 2.31 bits per heavy atom. The van der Waals surface area contributed by atoms with Crippen molar-refractivity contribution in [1.29, 1.82) is 0 Å². The zero-order chi connectivity index (χ0) is 28.1. The van der Waals surface area contributed by atoms with Gasteiger partial charge in [0.1, 0.15) is 0 Å². The molecule has 0 unspecified atom stereocenters. The lowest BCUT2D eigenvalue weighted by atomic mass is 10.0. The fraction of sp³-hybridized carbons (Fsp3) is 0.0800. The van der Waals surface area contributed by atoms with E-state index in [0.717, 1.165) is 17.0 Å². The molecule has 0 atom stereocenters. The van der Waals surface area contributed by atoms with E-state index in [9.17, 15) is 21.6 Å². The van der Waals surface area contributed by atoms with Gasteiger partial charge in [0.05, 0.1) is 33.2 Å². The first-order valence-electron chi connectivity index (χ1n) is 11.0. The van der Waals surface area contributed by atoms with E-state index in [1.54, 1.807) is 36.4 Å². The van der Waals surface area contributed by atoms with Crippen molar-refractivity contribution < 1.29 is 21.6 Å². The van der Waals surface area contributed by atoms with E-state index in [-0.39, 0.29) is 16.3 Å². The minimum absolute atomic E-state index is 0.104. The maximum Gasteiger partial charge on any atom is 0.434 e. The van der Waals surface area contributed by atoms with Crippen LogP contribution in [0.25, 0.3) is 33.8 Å². The summed E-state index contributed by atoms with van der Waals surface area (Å²) in [6.45, 7) is 0. The zero-order valence-electron chi connectivity index (χ0n) is 19.7. The number of alkyl halides is 3. The molecule has 2 aromatic heterocycles. The molecule has 3 aromatic carbocycles. The molecule has 0 fully saturated rings. The van der Waals surface area contributed by atoms with Crippen LogP contribution >= 0.6 is 34.8 Å². The van der Waals surface area contributed by atoms with E-state index in [0.29, 0.717) is 32.4 Å². The highest BCUT2D eigenvalue weighted by Crippen LogP contribution is 2.36. The first kappa shape index (κ1) is 27.2. The Morgan fingerprint density at radius 1 is 0.897 bits per heavy atom. The van der Waals surface area contributed by atoms with Crippen LogP contribution in [0.5, 0.6) is 0 Å². The van der Waals surface area contributed by atoms with Gasteiger partial charge >= 0.3 is 6.18 Å². The van der Waals surface area contributed by atoms with Gasteiger partial charge in [0.25, 0.3) is 0 Å². The van der Waals surface area contributed by atoms with E-state index in [2.05, 4.69) is 15.3 Å². The van der Waals surface area contributed by atoms with E-state index in [4.69, 9.17) is 34.8 Å². The number of nitrogens with zero attached hydrogens (tertiary/aromatic N) is 5. The lowest BCUT2D eigenvalue weighted by molar-refractivity contribution is -0.140. The van der Waals surface area contributed by atoms with Crippen molar-refractivity contribution in [2.45, 2.75) is 11.1 Å². The third-order valence-electron chi connectivity index (χ3n) is 5.77.